The molecule has 2 aliphatic rings. The molecular formula is C14H19NO2. The second-order valence-corrected chi connectivity index (χ2v) is 4.92. The van der Waals surface area contributed by atoms with Gasteiger partial charge in [-0.05, 0) is 30.5 Å². The van der Waals surface area contributed by atoms with Crippen LogP contribution in [0, 0.1) is 0 Å². The normalized spacial score (nSPS) is 32.4. The van der Waals surface area contributed by atoms with Crippen LogP contribution >= 0.6 is 0 Å². The zero-order chi connectivity index (χ0) is 11.7. The summed E-state index contributed by atoms with van der Waals surface area (Å²) in [5.74, 6) is 0. The molecule has 1 fully saturated rings. The molecule has 0 amide bonds. The van der Waals surface area contributed by atoms with Gasteiger partial charge in [-0.1, -0.05) is 24.3 Å². The minimum absolute atomic E-state index is 0.107. The highest BCUT2D eigenvalue weighted by Gasteiger charge is 2.42. The molecule has 1 saturated heterocycles. The fraction of sp³-hybridized carbons (Fsp3) is 0.571. The van der Waals surface area contributed by atoms with Crippen molar-refractivity contribution >= 4 is 0 Å². The van der Waals surface area contributed by atoms with E-state index in [9.17, 15) is 0 Å². The van der Waals surface area contributed by atoms with E-state index >= 15 is 0 Å². The smallest absolute Gasteiger partial charge is 0.162 e. The lowest BCUT2D eigenvalue weighted by Gasteiger charge is -2.44. The molecule has 1 aromatic carbocycles. The molecule has 0 aromatic heterocycles. The third-order valence-electron chi connectivity index (χ3n) is 3.86. The van der Waals surface area contributed by atoms with E-state index in [2.05, 4.69) is 29.6 Å². The number of nitrogens with one attached hydrogen (secondary N) is 1. The Morgan fingerprint density at radius 3 is 3.06 bits per heavy atom. The van der Waals surface area contributed by atoms with Crippen LogP contribution in [0.1, 0.15) is 24.0 Å². The summed E-state index contributed by atoms with van der Waals surface area (Å²) in [6, 6.07) is 8.60. The number of piperidine rings is 1. The highest BCUT2D eigenvalue weighted by Crippen LogP contribution is 2.40. The minimum atomic E-state index is -0.173. The van der Waals surface area contributed by atoms with Gasteiger partial charge in [0.2, 0.25) is 0 Å². The maximum absolute atomic E-state index is 6.21. The lowest BCUT2D eigenvalue weighted by atomic mass is 9.81. The maximum Gasteiger partial charge on any atom is 0.162 e. The number of ether oxygens (including phenoxy) is 2. The Morgan fingerprint density at radius 2 is 2.29 bits per heavy atom. The third kappa shape index (κ3) is 1.88. The molecule has 2 aliphatic heterocycles. The molecule has 0 bridgehead atoms. The highest BCUT2D eigenvalue weighted by atomic mass is 16.7. The summed E-state index contributed by atoms with van der Waals surface area (Å²) in [4.78, 5) is 0. The molecular weight excluding hydrogens is 214 g/mol. The van der Waals surface area contributed by atoms with E-state index in [-0.39, 0.29) is 11.9 Å². The Bertz CT molecular complexity index is 399. The Balaban J connectivity index is 2.02. The van der Waals surface area contributed by atoms with Crippen LogP contribution < -0.4 is 5.32 Å². The van der Waals surface area contributed by atoms with Gasteiger partial charge in [0.05, 0.1) is 0 Å². The molecule has 2 heterocycles. The molecule has 92 valence electrons. The summed E-state index contributed by atoms with van der Waals surface area (Å²) >= 11 is 0. The molecule has 1 aromatic rings. The maximum atomic E-state index is 6.21. The molecule has 3 heteroatoms. The first kappa shape index (κ1) is 11.2. The van der Waals surface area contributed by atoms with Crippen molar-refractivity contribution in [1.82, 2.24) is 5.32 Å². The van der Waals surface area contributed by atoms with E-state index in [1.165, 1.54) is 11.1 Å². The predicted molar refractivity (Wildman–Crippen MR) is 65.8 cm³/mol. The van der Waals surface area contributed by atoms with E-state index < -0.39 is 0 Å². The third-order valence-corrected chi connectivity index (χ3v) is 3.86. The van der Waals surface area contributed by atoms with Crippen LogP contribution in [0.15, 0.2) is 24.3 Å². The molecule has 1 spiro atoms. The quantitative estimate of drug-likeness (QED) is 0.802. The van der Waals surface area contributed by atoms with Crippen LogP contribution in [-0.2, 0) is 21.5 Å². The topological polar surface area (TPSA) is 30.5 Å². The molecule has 17 heavy (non-hydrogen) atoms. The molecule has 0 radical (unpaired) electrons. The first-order valence-electron chi connectivity index (χ1n) is 6.34. The van der Waals surface area contributed by atoms with Crippen molar-refractivity contribution in [2.45, 2.75) is 31.2 Å². The van der Waals surface area contributed by atoms with Crippen LogP contribution in [0.5, 0.6) is 0 Å². The van der Waals surface area contributed by atoms with Gasteiger partial charge in [0, 0.05) is 20.1 Å². The van der Waals surface area contributed by atoms with E-state index in [4.69, 9.17) is 9.47 Å². The zero-order valence-corrected chi connectivity index (χ0v) is 10.2. The molecule has 3 nitrogen and oxygen atoms in total. The van der Waals surface area contributed by atoms with Gasteiger partial charge in [-0.25, -0.2) is 0 Å². The summed E-state index contributed by atoms with van der Waals surface area (Å²) in [5.41, 5.74) is 2.54. The number of rotatable bonds is 1. The Hall–Kier alpha value is -0.900. The Labute approximate surface area is 102 Å². The number of methoxy groups -OCH3 is 1. The lowest BCUT2D eigenvalue weighted by molar-refractivity contribution is -0.218. The van der Waals surface area contributed by atoms with Gasteiger partial charge in [0.1, 0.15) is 5.60 Å². The van der Waals surface area contributed by atoms with Crippen LogP contribution in [0.3, 0.4) is 0 Å². The van der Waals surface area contributed by atoms with Crippen LogP contribution in [-0.4, -0.2) is 26.5 Å². The standard InChI is InChI=1S/C14H19NO2/c1-16-13-9-11-5-2-3-6-12(11)14(17-13)7-4-8-15-10-14/h2-3,5-6,13,15H,4,7-10H2,1H3/t13-,14+/m0/s1. The zero-order valence-electron chi connectivity index (χ0n) is 10.2. The van der Waals surface area contributed by atoms with Crippen molar-refractivity contribution in [3.05, 3.63) is 35.4 Å². The molecule has 0 aliphatic carbocycles. The first-order valence-corrected chi connectivity index (χ1v) is 6.34. The fourth-order valence-corrected chi connectivity index (χ4v) is 3.02. The van der Waals surface area contributed by atoms with Crippen molar-refractivity contribution in [3.63, 3.8) is 0 Å². The molecule has 3 rings (SSSR count). The van der Waals surface area contributed by atoms with Crippen LogP contribution in [0.25, 0.3) is 0 Å². The minimum Gasteiger partial charge on any atom is -0.355 e. The predicted octanol–water partition coefficient (Wildman–Crippen LogP) is 1.81. The Morgan fingerprint density at radius 1 is 1.41 bits per heavy atom. The lowest BCUT2D eigenvalue weighted by Crippen LogP contribution is -2.50. The monoisotopic (exact) mass is 233 g/mol. The van der Waals surface area contributed by atoms with E-state index in [1.807, 2.05) is 0 Å². The molecule has 1 N–H and O–H groups in total. The molecule has 0 saturated carbocycles. The van der Waals surface area contributed by atoms with Gasteiger partial charge in [0.25, 0.3) is 0 Å². The van der Waals surface area contributed by atoms with Gasteiger partial charge in [-0.2, -0.15) is 0 Å². The van der Waals surface area contributed by atoms with E-state index in [0.717, 1.165) is 32.4 Å². The summed E-state index contributed by atoms with van der Waals surface area (Å²) < 4.78 is 11.6. The average Bonchev–Trinajstić information content (AvgIpc) is 2.40. The average molecular weight is 233 g/mol. The van der Waals surface area contributed by atoms with Crippen molar-refractivity contribution in [1.29, 1.82) is 0 Å². The van der Waals surface area contributed by atoms with Crippen molar-refractivity contribution in [2.75, 3.05) is 20.2 Å². The number of hydrogen-bond acceptors (Lipinski definition) is 3. The van der Waals surface area contributed by atoms with E-state index in [0.29, 0.717) is 0 Å². The molecule has 2 atom stereocenters. The summed E-state index contributed by atoms with van der Waals surface area (Å²) in [6.07, 6.45) is 2.99. The number of fused-ring (bicyclic) bond motifs is 2. The van der Waals surface area contributed by atoms with Crippen LogP contribution in [0.2, 0.25) is 0 Å². The fourth-order valence-electron chi connectivity index (χ4n) is 3.02. The van der Waals surface area contributed by atoms with Gasteiger partial charge < -0.3 is 14.8 Å². The SMILES string of the molecule is CO[C@@H]1Cc2ccccc2[C@]2(CCCNC2)O1. The largest absolute Gasteiger partial charge is 0.355 e. The van der Waals surface area contributed by atoms with Gasteiger partial charge in [-0.3, -0.25) is 0 Å². The van der Waals surface area contributed by atoms with Crippen molar-refractivity contribution in [2.24, 2.45) is 0 Å². The van der Waals surface area contributed by atoms with Gasteiger partial charge in [0.15, 0.2) is 6.29 Å². The van der Waals surface area contributed by atoms with Gasteiger partial charge in [-0.15, -0.1) is 0 Å². The van der Waals surface area contributed by atoms with E-state index in [1.54, 1.807) is 7.11 Å². The summed E-state index contributed by atoms with van der Waals surface area (Å²) in [5, 5.41) is 3.45. The second kappa shape index (κ2) is 4.41. The van der Waals surface area contributed by atoms with Gasteiger partial charge >= 0.3 is 0 Å². The highest BCUT2D eigenvalue weighted by molar-refractivity contribution is 5.35. The van der Waals surface area contributed by atoms with Crippen molar-refractivity contribution < 1.29 is 9.47 Å². The summed E-state index contributed by atoms with van der Waals surface area (Å²) in [6.45, 7) is 1.98. The number of hydrogen-bond donors (Lipinski definition) is 1. The Kier molecular flexibility index (Phi) is 2.90. The summed E-state index contributed by atoms with van der Waals surface area (Å²) in [7, 11) is 1.72. The second-order valence-electron chi connectivity index (χ2n) is 4.92. The van der Waals surface area contributed by atoms with Crippen LogP contribution in [0.4, 0.5) is 0 Å². The number of benzene rings is 1. The van der Waals surface area contributed by atoms with Crippen molar-refractivity contribution in [3.8, 4) is 0 Å². The molecule has 0 unspecified atom stereocenters. The first-order chi connectivity index (χ1) is 8.34.